The van der Waals surface area contributed by atoms with E-state index in [4.69, 9.17) is 22.7 Å². The smallest absolute Gasteiger partial charge is 0.103 e. The van der Waals surface area contributed by atoms with E-state index in [0.29, 0.717) is 18.1 Å². The van der Waals surface area contributed by atoms with Crippen LogP contribution in [0.5, 0.6) is 0 Å². The van der Waals surface area contributed by atoms with Gasteiger partial charge in [-0.05, 0) is 12.6 Å². The molecule has 1 aromatic rings. The number of aliphatic hydroxyl groups is 1. The molecule has 18 heavy (non-hydrogen) atoms. The Labute approximate surface area is 113 Å². The van der Waals surface area contributed by atoms with Crippen molar-refractivity contribution in [2.45, 2.75) is 12.6 Å². The van der Waals surface area contributed by atoms with Crippen molar-refractivity contribution >= 4 is 17.2 Å². The minimum absolute atomic E-state index is 0.352. The normalized spacial score (nSPS) is 12.7. The first kappa shape index (κ1) is 15.0. The highest BCUT2D eigenvalue weighted by Gasteiger charge is 2.08. The van der Waals surface area contributed by atoms with Crippen molar-refractivity contribution in [2.75, 3.05) is 27.3 Å². The van der Waals surface area contributed by atoms with Gasteiger partial charge < -0.3 is 15.6 Å². The summed E-state index contributed by atoms with van der Waals surface area (Å²) in [5.41, 5.74) is 7.56. The van der Waals surface area contributed by atoms with Gasteiger partial charge in [-0.3, -0.25) is 4.90 Å². The average Bonchev–Trinajstić information content (AvgIpc) is 2.29. The molecule has 0 spiro atoms. The van der Waals surface area contributed by atoms with Crippen molar-refractivity contribution in [3.05, 3.63) is 35.4 Å². The predicted octanol–water partition coefficient (Wildman–Crippen LogP) is 0.760. The molecule has 5 heteroatoms. The number of aliphatic hydroxyl groups excluding tert-OH is 1. The zero-order valence-corrected chi connectivity index (χ0v) is 11.6. The van der Waals surface area contributed by atoms with Crippen LogP contribution < -0.4 is 5.73 Å². The van der Waals surface area contributed by atoms with Gasteiger partial charge in [0, 0.05) is 25.8 Å². The quantitative estimate of drug-likeness (QED) is 0.715. The lowest BCUT2D eigenvalue weighted by atomic mass is 10.1. The van der Waals surface area contributed by atoms with Crippen molar-refractivity contribution in [1.82, 2.24) is 4.90 Å². The molecule has 0 amide bonds. The highest BCUT2D eigenvalue weighted by atomic mass is 32.1. The Morgan fingerprint density at radius 1 is 1.44 bits per heavy atom. The molecule has 1 aromatic carbocycles. The molecule has 0 bridgehead atoms. The maximum atomic E-state index is 9.61. The van der Waals surface area contributed by atoms with Crippen LogP contribution in [0.25, 0.3) is 0 Å². The Kier molecular flexibility index (Phi) is 6.21. The molecule has 1 atom stereocenters. The molecular weight excluding hydrogens is 248 g/mol. The zero-order chi connectivity index (χ0) is 13.5. The summed E-state index contributed by atoms with van der Waals surface area (Å²) in [6.45, 7) is 1.69. The minimum atomic E-state index is -0.462. The molecule has 0 aromatic heterocycles. The Morgan fingerprint density at radius 2 is 2.06 bits per heavy atom. The van der Waals surface area contributed by atoms with E-state index in [1.807, 2.05) is 36.2 Å². The molecule has 1 rings (SSSR count). The fourth-order valence-corrected chi connectivity index (χ4v) is 1.89. The van der Waals surface area contributed by atoms with Crippen LogP contribution in [0.2, 0.25) is 0 Å². The molecule has 0 aliphatic carbocycles. The SMILES string of the molecule is COCC(O)CN(C)Cc1ccc(C(N)=S)cc1. The van der Waals surface area contributed by atoms with E-state index in [2.05, 4.69) is 0 Å². The lowest BCUT2D eigenvalue weighted by Crippen LogP contribution is -2.31. The third kappa shape index (κ3) is 5.10. The van der Waals surface area contributed by atoms with E-state index in [-0.39, 0.29) is 0 Å². The molecule has 1 unspecified atom stereocenters. The van der Waals surface area contributed by atoms with Gasteiger partial charge in [0.25, 0.3) is 0 Å². The van der Waals surface area contributed by atoms with Gasteiger partial charge in [-0.15, -0.1) is 0 Å². The van der Waals surface area contributed by atoms with Crippen LogP contribution in [-0.2, 0) is 11.3 Å². The highest BCUT2D eigenvalue weighted by Crippen LogP contribution is 2.07. The van der Waals surface area contributed by atoms with E-state index < -0.39 is 6.10 Å². The summed E-state index contributed by atoms with van der Waals surface area (Å²) in [5.74, 6) is 0. The zero-order valence-electron chi connectivity index (χ0n) is 10.8. The number of thiocarbonyl (C=S) groups is 1. The Hall–Kier alpha value is -1.01. The molecule has 0 aliphatic heterocycles. The monoisotopic (exact) mass is 268 g/mol. The second-order valence-corrected chi connectivity index (χ2v) is 4.81. The van der Waals surface area contributed by atoms with Gasteiger partial charge >= 0.3 is 0 Å². The number of hydrogen-bond donors (Lipinski definition) is 2. The van der Waals surface area contributed by atoms with E-state index in [1.54, 1.807) is 7.11 Å². The third-order valence-electron chi connectivity index (χ3n) is 2.57. The maximum Gasteiger partial charge on any atom is 0.103 e. The van der Waals surface area contributed by atoms with Gasteiger partial charge in [-0.2, -0.15) is 0 Å². The van der Waals surface area contributed by atoms with Gasteiger partial charge in [0.1, 0.15) is 4.99 Å². The van der Waals surface area contributed by atoms with Crippen LogP contribution in [0.3, 0.4) is 0 Å². The highest BCUT2D eigenvalue weighted by molar-refractivity contribution is 7.80. The van der Waals surface area contributed by atoms with Crippen molar-refractivity contribution < 1.29 is 9.84 Å². The topological polar surface area (TPSA) is 58.7 Å². The Balaban J connectivity index is 2.49. The number of ether oxygens (including phenoxy) is 1. The van der Waals surface area contributed by atoms with Crippen LogP contribution in [0, 0.1) is 0 Å². The molecule has 0 radical (unpaired) electrons. The molecule has 100 valence electrons. The van der Waals surface area contributed by atoms with Gasteiger partial charge in [-0.25, -0.2) is 0 Å². The van der Waals surface area contributed by atoms with Crippen molar-refractivity contribution in [2.24, 2.45) is 5.73 Å². The van der Waals surface area contributed by atoms with Crippen LogP contribution in [-0.4, -0.2) is 48.4 Å². The van der Waals surface area contributed by atoms with Gasteiger partial charge in [-0.1, -0.05) is 36.5 Å². The number of nitrogens with zero attached hydrogens (tertiary/aromatic N) is 1. The largest absolute Gasteiger partial charge is 0.389 e. The van der Waals surface area contributed by atoms with Crippen molar-refractivity contribution in [3.8, 4) is 0 Å². The summed E-state index contributed by atoms with van der Waals surface area (Å²) < 4.78 is 4.89. The first-order valence-corrected chi connectivity index (χ1v) is 6.18. The average molecular weight is 268 g/mol. The summed E-state index contributed by atoms with van der Waals surface area (Å²) in [7, 11) is 3.54. The molecule has 0 aliphatic rings. The molecule has 0 heterocycles. The summed E-state index contributed by atoms with van der Waals surface area (Å²) >= 11 is 4.90. The van der Waals surface area contributed by atoms with Gasteiger partial charge in [0.05, 0.1) is 12.7 Å². The predicted molar refractivity (Wildman–Crippen MR) is 76.5 cm³/mol. The first-order valence-electron chi connectivity index (χ1n) is 5.77. The summed E-state index contributed by atoms with van der Waals surface area (Å²) in [5, 5.41) is 9.61. The standard InChI is InChI=1S/C13H20N2O2S/c1-15(8-12(16)9-17-2)7-10-3-5-11(6-4-10)13(14)18/h3-6,12,16H,7-9H2,1-2H3,(H2,14,18). The van der Waals surface area contributed by atoms with Crippen LogP contribution in [0.15, 0.2) is 24.3 Å². The molecular formula is C13H20N2O2S. The lowest BCUT2D eigenvalue weighted by molar-refractivity contribution is 0.0419. The number of rotatable bonds is 7. The number of likely N-dealkylation sites (N-methyl/N-ethyl adjacent to an activating group) is 1. The fraction of sp³-hybridized carbons (Fsp3) is 0.462. The second-order valence-electron chi connectivity index (χ2n) is 4.37. The van der Waals surface area contributed by atoms with Crippen LogP contribution >= 0.6 is 12.2 Å². The molecule has 0 fully saturated rings. The number of methoxy groups -OCH3 is 1. The van der Waals surface area contributed by atoms with E-state index in [0.717, 1.165) is 17.7 Å². The maximum absolute atomic E-state index is 9.61. The molecule has 4 nitrogen and oxygen atoms in total. The Morgan fingerprint density at radius 3 is 2.56 bits per heavy atom. The summed E-state index contributed by atoms with van der Waals surface area (Å²) in [6, 6.07) is 7.82. The summed E-state index contributed by atoms with van der Waals surface area (Å²) in [4.78, 5) is 2.45. The number of nitrogens with two attached hydrogens (primary N) is 1. The van der Waals surface area contributed by atoms with Crippen molar-refractivity contribution in [3.63, 3.8) is 0 Å². The molecule has 0 saturated carbocycles. The fourth-order valence-electron chi connectivity index (χ4n) is 1.76. The van der Waals surface area contributed by atoms with Crippen LogP contribution in [0.1, 0.15) is 11.1 Å². The van der Waals surface area contributed by atoms with E-state index in [9.17, 15) is 5.11 Å². The van der Waals surface area contributed by atoms with E-state index >= 15 is 0 Å². The lowest BCUT2D eigenvalue weighted by Gasteiger charge is -2.20. The second kappa shape index (κ2) is 7.43. The summed E-state index contributed by atoms with van der Waals surface area (Å²) in [6.07, 6.45) is -0.462. The first-order chi connectivity index (χ1) is 8.52. The van der Waals surface area contributed by atoms with Crippen LogP contribution in [0.4, 0.5) is 0 Å². The molecule has 0 saturated heterocycles. The minimum Gasteiger partial charge on any atom is -0.389 e. The Bertz CT molecular complexity index is 381. The third-order valence-corrected chi connectivity index (χ3v) is 2.81. The number of benzene rings is 1. The van der Waals surface area contributed by atoms with Gasteiger partial charge in [0.2, 0.25) is 0 Å². The van der Waals surface area contributed by atoms with E-state index in [1.165, 1.54) is 0 Å². The van der Waals surface area contributed by atoms with Crippen molar-refractivity contribution in [1.29, 1.82) is 0 Å². The molecule has 3 N–H and O–H groups in total. The number of hydrogen-bond acceptors (Lipinski definition) is 4. The van der Waals surface area contributed by atoms with Gasteiger partial charge in [0.15, 0.2) is 0 Å².